The standard InChI is InChI=1S/C13H17ClN2O3/c1-8(6-11(17)18)7-15-13(19)16-12-9(2)4-3-5-10(12)14/h3-5,8H,6-7H2,1-2H3,(H,17,18)(H2,15,16,19). The number of carboxylic acid groups (broad SMARTS) is 1. The van der Waals surface area contributed by atoms with Crippen LogP contribution < -0.4 is 10.6 Å². The molecule has 5 nitrogen and oxygen atoms in total. The summed E-state index contributed by atoms with van der Waals surface area (Å²) in [5.74, 6) is -1.01. The van der Waals surface area contributed by atoms with Crippen molar-refractivity contribution >= 4 is 29.3 Å². The second-order valence-electron chi connectivity index (χ2n) is 4.47. The summed E-state index contributed by atoms with van der Waals surface area (Å²) >= 11 is 5.98. The van der Waals surface area contributed by atoms with Gasteiger partial charge in [0.2, 0.25) is 0 Å². The van der Waals surface area contributed by atoms with Crippen molar-refractivity contribution in [3.8, 4) is 0 Å². The summed E-state index contributed by atoms with van der Waals surface area (Å²) in [6, 6.07) is 4.94. The van der Waals surface area contributed by atoms with E-state index in [9.17, 15) is 9.59 Å². The van der Waals surface area contributed by atoms with Crippen molar-refractivity contribution in [2.24, 2.45) is 5.92 Å². The highest BCUT2D eigenvalue weighted by Gasteiger charge is 2.11. The molecule has 1 aromatic rings. The molecule has 0 fully saturated rings. The van der Waals surface area contributed by atoms with Gasteiger partial charge in [-0.1, -0.05) is 30.7 Å². The molecule has 0 aliphatic rings. The summed E-state index contributed by atoms with van der Waals surface area (Å²) in [4.78, 5) is 22.2. The number of anilines is 1. The van der Waals surface area contributed by atoms with Crippen molar-refractivity contribution in [3.05, 3.63) is 28.8 Å². The lowest BCUT2D eigenvalue weighted by Gasteiger charge is -2.13. The molecule has 6 heteroatoms. The van der Waals surface area contributed by atoms with Gasteiger partial charge in [-0.3, -0.25) is 4.79 Å². The van der Waals surface area contributed by atoms with Gasteiger partial charge in [0, 0.05) is 13.0 Å². The van der Waals surface area contributed by atoms with Gasteiger partial charge < -0.3 is 15.7 Å². The van der Waals surface area contributed by atoms with Crippen LogP contribution in [0, 0.1) is 12.8 Å². The quantitative estimate of drug-likeness (QED) is 0.778. The number of hydrogen-bond acceptors (Lipinski definition) is 2. The summed E-state index contributed by atoms with van der Waals surface area (Å²) in [6.45, 7) is 3.89. The lowest BCUT2D eigenvalue weighted by Crippen LogP contribution is -2.33. The molecule has 0 saturated carbocycles. The maximum absolute atomic E-state index is 11.7. The third kappa shape index (κ3) is 5.18. The Morgan fingerprint density at radius 2 is 2.11 bits per heavy atom. The monoisotopic (exact) mass is 284 g/mol. The molecular weight excluding hydrogens is 268 g/mol. The minimum atomic E-state index is -0.878. The second-order valence-corrected chi connectivity index (χ2v) is 4.88. The molecule has 0 radical (unpaired) electrons. The van der Waals surface area contributed by atoms with Gasteiger partial charge in [-0.25, -0.2) is 4.79 Å². The number of aryl methyl sites for hydroxylation is 1. The first-order valence-electron chi connectivity index (χ1n) is 5.92. The van der Waals surface area contributed by atoms with Gasteiger partial charge in [0.15, 0.2) is 0 Å². The van der Waals surface area contributed by atoms with E-state index in [0.717, 1.165) is 5.56 Å². The summed E-state index contributed by atoms with van der Waals surface area (Å²) in [5, 5.41) is 14.4. The SMILES string of the molecule is Cc1cccc(Cl)c1NC(=O)NCC(C)CC(=O)O. The molecular formula is C13H17ClN2O3. The molecule has 0 heterocycles. The topological polar surface area (TPSA) is 78.4 Å². The largest absolute Gasteiger partial charge is 0.481 e. The fourth-order valence-corrected chi connectivity index (χ4v) is 1.85. The van der Waals surface area contributed by atoms with Crippen LogP contribution in [0.5, 0.6) is 0 Å². The minimum Gasteiger partial charge on any atom is -0.481 e. The van der Waals surface area contributed by atoms with Crippen LogP contribution in [0.2, 0.25) is 5.02 Å². The van der Waals surface area contributed by atoms with Crippen molar-refractivity contribution in [2.75, 3.05) is 11.9 Å². The number of nitrogens with one attached hydrogen (secondary N) is 2. The zero-order valence-electron chi connectivity index (χ0n) is 10.9. The van der Waals surface area contributed by atoms with Crippen molar-refractivity contribution in [2.45, 2.75) is 20.3 Å². The second kappa shape index (κ2) is 6.99. The molecule has 1 unspecified atom stereocenters. The molecule has 1 atom stereocenters. The van der Waals surface area contributed by atoms with Crippen LogP contribution in [0.3, 0.4) is 0 Å². The first-order valence-corrected chi connectivity index (χ1v) is 6.29. The number of carboxylic acids is 1. The Labute approximate surface area is 117 Å². The molecule has 1 rings (SSSR count). The highest BCUT2D eigenvalue weighted by atomic mass is 35.5. The number of benzene rings is 1. The Bertz CT molecular complexity index is 457. The Morgan fingerprint density at radius 3 is 2.68 bits per heavy atom. The first-order chi connectivity index (χ1) is 8.90. The zero-order valence-corrected chi connectivity index (χ0v) is 11.6. The van der Waals surface area contributed by atoms with E-state index >= 15 is 0 Å². The first kappa shape index (κ1) is 15.3. The van der Waals surface area contributed by atoms with E-state index in [2.05, 4.69) is 10.6 Å². The van der Waals surface area contributed by atoms with Crippen LogP contribution in [-0.2, 0) is 4.79 Å². The predicted molar refractivity (Wildman–Crippen MR) is 74.6 cm³/mol. The number of carbonyl (C=O) groups is 2. The van der Waals surface area contributed by atoms with Crippen molar-refractivity contribution < 1.29 is 14.7 Å². The van der Waals surface area contributed by atoms with E-state index in [1.54, 1.807) is 19.1 Å². The molecule has 104 valence electrons. The summed E-state index contributed by atoms with van der Waals surface area (Å²) in [6.07, 6.45) is 0.0192. The molecule has 0 saturated heterocycles. The van der Waals surface area contributed by atoms with Crippen LogP contribution in [-0.4, -0.2) is 23.7 Å². The minimum absolute atomic E-state index is 0.0192. The highest BCUT2D eigenvalue weighted by Crippen LogP contribution is 2.24. The smallest absolute Gasteiger partial charge is 0.319 e. The lowest BCUT2D eigenvalue weighted by molar-refractivity contribution is -0.137. The van der Waals surface area contributed by atoms with Crippen LogP contribution in [0.25, 0.3) is 0 Å². The number of halogens is 1. The predicted octanol–water partition coefficient (Wildman–Crippen LogP) is 2.88. The van der Waals surface area contributed by atoms with E-state index in [4.69, 9.17) is 16.7 Å². The maximum Gasteiger partial charge on any atom is 0.319 e. The molecule has 0 aliphatic heterocycles. The fraction of sp³-hybridized carbons (Fsp3) is 0.385. The van der Waals surface area contributed by atoms with E-state index in [-0.39, 0.29) is 12.3 Å². The van der Waals surface area contributed by atoms with Crippen molar-refractivity contribution in [1.82, 2.24) is 5.32 Å². The highest BCUT2D eigenvalue weighted by molar-refractivity contribution is 6.33. The third-order valence-electron chi connectivity index (χ3n) is 2.59. The Balaban J connectivity index is 2.50. The van der Waals surface area contributed by atoms with E-state index < -0.39 is 12.0 Å². The number of amides is 2. The number of carbonyl (C=O) groups excluding carboxylic acids is 1. The molecule has 0 spiro atoms. The van der Waals surface area contributed by atoms with Gasteiger partial charge >= 0.3 is 12.0 Å². The zero-order chi connectivity index (χ0) is 14.4. The number of aliphatic carboxylic acids is 1. The van der Waals surface area contributed by atoms with Gasteiger partial charge in [-0.05, 0) is 24.5 Å². The van der Waals surface area contributed by atoms with Crippen LogP contribution in [0.15, 0.2) is 18.2 Å². The fourth-order valence-electron chi connectivity index (χ4n) is 1.59. The third-order valence-corrected chi connectivity index (χ3v) is 2.91. The number of hydrogen-bond donors (Lipinski definition) is 3. The van der Waals surface area contributed by atoms with Gasteiger partial charge in [0.25, 0.3) is 0 Å². The van der Waals surface area contributed by atoms with E-state index in [0.29, 0.717) is 17.3 Å². The number of urea groups is 1. The van der Waals surface area contributed by atoms with Crippen molar-refractivity contribution in [1.29, 1.82) is 0 Å². The molecule has 0 bridgehead atoms. The number of rotatable bonds is 5. The Morgan fingerprint density at radius 1 is 1.42 bits per heavy atom. The molecule has 0 aliphatic carbocycles. The van der Waals surface area contributed by atoms with Crippen LogP contribution in [0.1, 0.15) is 18.9 Å². The lowest BCUT2D eigenvalue weighted by atomic mass is 10.1. The maximum atomic E-state index is 11.7. The van der Waals surface area contributed by atoms with Crippen LogP contribution in [0.4, 0.5) is 10.5 Å². The summed E-state index contributed by atoms with van der Waals surface area (Å²) < 4.78 is 0. The number of para-hydroxylation sites is 1. The summed E-state index contributed by atoms with van der Waals surface area (Å²) in [7, 11) is 0. The molecule has 3 N–H and O–H groups in total. The average Bonchev–Trinajstić information content (AvgIpc) is 2.30. The summed E-state index contributed by atoms with van der Waals surface area (Å²) in [5.41, 5.74) is 1.42. The molecule has 2 amide bonds. The normalized spacial score (nSPS) is 11.7. The Kier molecular flexibility index (Phi) is 5.63. The molecule has 0 aromatic heterocycles. The van der Waals surface area contributed by atoms with Gasteiger partial charge in [0.05, 0.1) is 10.7 Å². The van der Waals surface area contributed by atoms with Gasteiger partial charge in [-0.15, -0.1) is 0 Å². The Hall–Kier alpha value is -1.75. The van der Waals surface area contributed by atoms with E-state index in [1.165, 1.54) is 0 Å². The van der Waals surface area contributed by atoms with Gasteiger partial charge in [0.1, 0.15) is 0 Å². The average molecular weight is 285 g/mol. The van der Waals surface area contributed by atoms with Crippen molar-refractivity contribution in [3.63, 3.8) is 0 Å². The van der Waals surface area contributed by atoms with Crippen LogP contribution >= 0.6 is 11.6 Å². The van der Waals surface area contributed by atoms with E-state index in [1.807, 2.05) is 13.0 Å². The molecule has 19 heavy (non-hydrogen) atoms. The molecule has 1 aromatic carbocycles. The van der Waals surface area contributed by atoms with Gasteiger partial charge in [-0.2, -0.15) is 0 Å².